The van der Waals surface area contributed by atoms with Crippen LogP contribution < -0.4 is 4.74 Å². The molecule has 0 unspecified atom stereocenters. The number of nitro groups is 1. The summed E-state index contributed by atoms with van der Waals surface area (Å²) in [5, 5.41) is 17.8. The predicted octanol–water partition coefficient (Wildman–Crippen LogP) is 5.32. The smallest absolute Gasteiger partial charge is 0.303 e. The number of rotatable bonds is 3. The van der Waals surface area contributed by atoms with Gasteiger partial charge in [-0.25, -0.2) is 10.0 Å². The third-order valence-corrected chi connectivity index (χ3v) is 7.53. The van der Waals surface area contributed by atoms with Crippen LogP contribution in [0.4, 0.5) is 0 Å². The molecule has 2 fully saturated rings. The molecule has 3 aromatic rings. The zero-order chi connectivity index (χ0) is 21.9. The molecular weight excluding hydrogens is 470 g/mol. The number of benzene rings is 3. The van der Waals surface area contributed by atoms with Crippen molar-refractivity contribution in [2.45, 2.75) is 30.1 Å². The third-order valence-electron chi connectivity index (χ3n) is 7.04. The quantitative estimate of drug-likeness (QED) is 0.366. The van der Waals surface area contributed by atoms with E-state index in [1.165, 1.54) is 0 Å². The van der Waals surface area contributed by atoms with E-state index in [-0.39, 0.29) is 4.92 Å². The second kappa shape index (κ2) is 7.40. The monoisotopic (exact) mass is 491 g/mol. The first-order chi connectivity index (χ1) is 15.6. The average Bonchev–Trinajstić information content (AvgIpc) is 3.39. The molecule has 4 atom stereocenters. The van der Waals surface area contributed by atoms with Crippen LogP contribution in [0, 0.1) is 10.1 Å². The number of hydrogen-bond donors (Lipinski definition) is 0. The third kappa shape index (κ3) is 2.65. The summed E-state index contributed by atoms with van der Waals surface area (Å²) in [4.78, 5) is 13.3. The fraction of sp³-hybridized carbons (Fsp3) is 0.280. The Labute approximate surface area is 194 Å². The van der Waals surface area contributed by atoms with Crippen LogP contribution in [0.25, 0.3) is 0 Å². The summed E-state index contributed by atoms with van der Waals surface area (Å²) in [6, 6.07) is 24.5. The normalized spacial score (nSPS) is 29.1. The van der Waals surface area contributed by atoms with Crippen LogP contribution in [0.15, 0.2) is 83.3 Å². The molecule has 7 heteroatoms. The van der Waals surface area contributed by atoms with Gasteiger partial charge in [0.2, 0.25) is 0 Å². The molecule has 0 aromatic heterocycles. The number of fused-ring (bicyclic) bond motifs is 5. The maximum absolute atomic E-state index is 13.3. The van der Waals surface area contributed by atoms with Crippen molar-refractivity contribution in [1.29, 1.82) is 0 Å². The van der Waals surface area contributed by atoms with E-state index < -0.39 is 23.7 Å². The molecule has 0 N–H and O–H groups in total. The Morgan fingerprint density at radius 2 is 1.53 bits per heavy atom. The highest BCUT2D eigenvalue weighted by Gasteiger charge is 2.75. The van der Waals surface area contributed by atoms with Crippen molar-refractivity contribution < 1.29 is 9.66 Å². The van der Waals surface area contributed by atoms with Gasteiger partial charge in [0.05, 0.1) is 0 Å². The minimum atomic E-state index is -1.41. The van der Waals surface area contributed by atoms with Gasteiger partial charge < -0.3 is 4.74 Å². The van der Waals surface area contributed by atoms with E-state index in [9.17, 15) is 10.1 Å². The van der Waals surface area contributed by atoms with E-state index in [0.29, 0.717) is 5.75 Å². The van der Waals surface area contributed by atoms with Gasteiger partial charge in [-0.3, -0.25) is 10.1 Å². The van der Waals surface area contributed by atoms with Crippen LogP contribution in [-0.2, 0) is 0 Å². The molecule has 6 rings (SSSR count). The van der Waals surface area contributed by atoms with Crippen molar-refractivity contribution >= 4 is 15.9 Å². The summed E-state index contributed by atoms with van der Waals surface area (Å²) in [5.74, 6) is 0.713. The van der Waals surface area contributed by atoms with E-state index in [1.807, 2.05) is 78.9 Å². The molecule has 3 aliphatic rings. The Morgan fingerprint density at radius 1 is 0.906 bits per heavy atom. The maximum atomic E-state index is 13.3. The number of ether oxygens (including phenoxy) is 1. The predicted molar refractivity (Wildman–Crippen MR) is 124 cm³/mol. The van der Waals surface area contributed by atoms with E-state index in [4.69, 9.17) is 4.74 Å². The second-order valence-corrected chi connectivity index (χ2v) is 9.55. The van der Waals surface area contributed by atoms with Crippen molar-refractivity contribution in [2.24, 2.45) is 0 Å². The van der Waals surface area contributed by atoms with Gasteiger partial charge in [0.15, 0.2) is 6.10 Å². The number of halogens is 1. The van der Waals surface area contributed by atoms with Gasteiger partial charge in [0.1, 0.15) is 17.8 Å². The first kappa shape index (κ1) is 19.9. The number of nitrogens with zero attached hydrogens (tertiary/aromatic N) is 3. The zero-order valence-electron chi connectivity index (χ0n) is 17.3. The molecular formula is C25H22BrN3O3. The van der Waals surface area contributed by atoms with E-state index in [0.717, 1.165) is 40.7 Å². The van der Waals surface area contributed by atoms with Crippen molar-refractivity contribution in [1.82, 2.24) is 10.0 Å². The van der Waals surface area contributed by atoms with Gasteiger partial charge in [-0.1, -0.05) is 76.6 Å². The van der Waals surface area contributed by atoms with Crippen LogP contribution in [0.1, 0.15) is 41.3 Å². The molecule has 32 heavy (non-hydrogen) atoms. The van der Waals surface area contributed by atoms with E-state index in [2.05, 4.69) is 25.9 Å². The summed E-state index contributed by atoms with van der Waals surface area (Å²) >= 11 is 3.58. The van der Waals surface area contributed by atoms with Crippen molar-refractivity contribution in [3.05, 3.63) is 110 Å². The summed E-state index contributed by atoms with van der Waals surface area (Å²) in [5.41, 5.74) is 1.23. The Morgan fingerprint density at radius 3 is 2.19 bits per heavy atom. The van der Waals surface area contributed by atoms with Gasteiger partial charge in [0, 0.05) is 28.0 Å². The first-order valence-corrected chi connectivity index (χ1v) is 11.7. The minimum Gasteiger partial charge on any atom is -0.478 e. The highest BCUT2D eigenvalue weighted by Crippen LogP contribution is 2.64. The molecule has 0 saturated carbocycles. The van der Waals surface area contributed by atoms with Crippen LogP contribution in [-0.4, -0.2) is 33.6 Å². The maximum Gasteiger partial charge on any atom is 0.303 e. The Bertz CT molecular complexity index is 1180. The lowest BCUT2D eigenvalue weighted by Crippen LogP contribution is -2.56. The molecule has 0 amide bonds. The minimum absolute atomic E-state index is 0.0604. The lowest BCUT2D eigenvalue weighted by molar-refractivity contribution is -0.594. The van der Waals surface area contributed by atoms with Gasteiger partial charge in [-0.2, -0.15) is 0 Å². The second-order valence-electron chi connectivity index (χ2n) is 8.63. The molecule has 0 radical (unpaired) electrons. The summed E-state index contributed by atoms with van der Waals surface area (Å²) in [6.07, 6.45) is 0.251. The lowest BCUT2D eigenvalue weighted by Gasteiger charge is -2.42. The fourth-order valence-corrected chi connectivity index (χ4v) is 6.30. The zero-order valence-corrected chi connectivity index (χ0v) is 18.9. The van der Waals surface area contributed by atoms with Gasteiger partial charge in [0.25, 0.3) is 0 Å². The largest absolute Gasteiger partial charge is 0.478 e. The SMILES string of the molecule is O=[N+]([O-])[C@@]12[C@@H](c3ccccc3)Oc3ccc(Br)cc3[C@@H]1N1CCCN1[C@H]2c1ccccc1. The highest BCUT2D eigenvalue weighted by molar-refractivity contribution is 9.10. The number of hydrazine groups is 1. The van der Waals surface area contributed by atoms with Gasteiger partial charge in [-0.05, 0) is 35.7 Å². The molecule has 162 valence electrons. The average molecular weight is 492 g/mol. The van der Waals surface area contributed by atoms with Crippen LogP contribution in [0.2, 0.25) is 0 Å². The molecule has 0 aliphatic carbocycles. The Hall–Kier alpha value is -2.74. The first-order valence-electron chi connectivity index (χ1n) is 10.9. The van der Waals surface area contributed by atoms with E-state index >= 15 is 0 Å². The summed E-state index contributed by atoms with van der Waals surface area (Å²) in [6.45, 7) is 1.58. The van der Waals surface area contributed by atoms with Crippen molar-refractivity contribution in [2.75, 3.05) is 13.1 Å². The van der Waals surface area contributed by atoms with Gasteiger partial charge >= 0.3 is 5.54 Å². The number of hydrogen-bond acceptors (Lipinski definition) is 5. The molecule has 3 aromatic carbocycles. The molecule has 0 spiro atoms. The van der Waals surface area contributed by atoms with E-state index in [1.54, 1.807) is 0 Å². The Kier molecular flexibility index (Phi) is 4.61. The van der Waals surface area contributed by atoms with Crippen molar-refractivity contribution in [3.8, 4) is 5.75 Å². The molecule has 2 saturated heterocycles. The van der Waals surface area contributed by atoms with Crippen LogP contribution in [0.5, 0.6) is 5.75 Å². The lowest BCUT2D eigenvalue weighted by atomic mass is 9.70. The summed E-state index contributed by atoms with van der Waals surface area (Å²) in [7, 11) is 0. The molecule has 3 aliphatic heterocycles. The standard InChI is InChI=1S/C25H22BrN3O3/c26-19-12-13-21-20(16-19)23-25(29(30)31,24(32-21)18-10-5-2-6-11-18)22(17-8-3-1-4-9-17)27-14-7-15-28(23)27/h1-6,8-13,16,22-24H,7,14-15H2/t22-,23-,24+,25+/m0/s1. The fourth-order valence-electron chi connectivity index (χ4n) is 5.92. The van der Waals surface area contributed by atoms with Crippen LogP contribution >= 0.6 is 15.9 Å². The van der Waals surface area contributed by atoms with Crippen LogP contribution in [0.3, 0.4) is 0 Å². The molecule has 0 bridgehead atoms. The van der Waals surface area contributed by atoms with Crippen molar-refractivity contribution in [3.63, 3.8) is 0 Å². The molecule has 3 heterocycles. The molecule has 6 nitrogen and oxygen atoms in total. The summed E-state index contributed by atoms with van der Waals surface area (Å²) < 4.78 is 7.45. The topological polar surface area (TPSA) is 58.9 Å². The highest BCUT2D eigenvalue weighted by atomic mass is 79.9. The Balaban J connectivity index is 1.68. The van der Waals surface area contributed by atoms with Gasteiger partial charge in [-0.15, -0.1) is 0 Å².